The molecule has 10 heteroatoms. The van der Waals surface area contributed by atoms with Crippen molar-refractivity contribution in [2.75, 3.05) is 52.3 Å². The fraction of sp³-hybridized carbons (Fsp3) is 0.200. The van der Waals surface area contributed by atoms with E-state index < -0.39 is 0 Å². The van der Waals surface area contributed by atoms with Gasteiger partial charge in [0.15, 0.2) is 23.9 Å². The predicted molar refractivity (Wildman–Crippen MR) is 176 cm³/mol. The zero-order valence-corrected chi connectivity index (χ0v) is 25.2. The molecule has 0 spiro atoms. The van der Waals surface area contributed by atoms with Gasteiger partial charge in [-0.2, -0.15) is 5.10 Å². The molecule has 0 atom stereocenters. The quantitative estimate of drug-likeness (QED) is 0.228. The minimum Gasteiger partial charge on any atom is -0.493 e. The fourth-order valence-electron chi connectivity index (χ4n) is 5.62. The largest absolute Gasteiger partial charge is 0.493 e. The minimum absolute atomic E-state index is 0.0545. The van der Waals surface area contributed by atoms with Crippen LogP contribution in [0.1, 0.15) is 0 Å². The van der Waals surface area contributed by atoms with Crippen LogP contribution in [0, 0.1) is 0 Å². The molecule has 7 rings (SSSR count). The van der Waals surface area contributed by atoms with Crippen LogP contribution >= 0.6 is 0 Å². The molecule has 0 unspecified atom stereocenters. The number of amides is 1. The topological polar surface area (TPSA) is 108 Å². The summed E-state index contributed by atoms with van der Waals surface area (Å²) in [6.07, 6.45) is 1.79. The Bertz CT molecular complexity index is 1980. The van der Waals surface area contributed by atoms with E-state index in [1.165, 1.54) is 0 Å². The van der Waals surface area contributed by atoms with Gasteiger partial charge in [0.2, 0.25) is 0 Å². The highest BCUT2D eigenvalue weighted by molar-refractivity contribution is 5.96. The molecule has 2 N–H and O–H groups in total. The first-order valence-electron chi connectivity index (χ1n) is 14.9. The van der Waals surface area contributed by atoms with Crippen LogP contribution in [-0.2, 0) is 4.79 Å². The molecule has 3 heterocycles. The third-order valence-electron chi connectivity index (χ3n) is 8.14. The number of piperazine rings is 1. The zero-order chi connectivity index (χ0) is 30.8. The van der Waals surface area contributed by atoms with Crippen molar-refractivity contribution in [3.63, 3.8) is 0 Å². The highest BCUT2D eigenvalue weighted by atomic mass is 16.5. The standard InChI is InChI=1S/C35H33N7O3/c1-41-14-16-42(17-15-41)33(43)22-45-32-19-28-30(20-31(32)44-2)38-34(27-11-7-6-10-26(27)23-8-4-3-5-9-23)39-35(28)37-25-12-13-29-24(18-25)21-36-40-29/h3-13,18-21H,14-17,22H2,1-2H3,(H,36,40)(H,37,38,39). The number of methoxy groups -OCH3 is 1. The van der Waals surface area contributed by atoms with E-state index in [1.54, 1.807) is 13.3 Å². The molecule has 45 heavy (non-hydrogen) atoms. The van der Waals surface area contributed by atoms with Gasteiger partial charge in [0.25, 0.3) is 5.91 Å². The lowest BCUT2D eigenvalue weighted by Gasteiger charge is -2.32. The van der Waals surface area contributed by atoms with Crippen LogP contribution in [0.3, 0.4) is 0 Å². The minimum atomic E-state index is -0.0884. The number of fused-ring (bicyclic) bond motifs is 2. The number of aromatic nitrogens is 4. The van der Waals surface area contributed by atoms with Crippen LogP contribution in [-0.4, -0.2) is 82.8 Å². The lowest BCUT2D eigenvalue weighted by Crippen LogP contribution is -2.48. The van der Waals surface area contributed by atoms with Crippen LogP contribution in [0.5, 0.6) is 11.5 Å². The summed E-state index contributed by atoms with van der Waals surface area (Å²) in [6, 6.07) is 28.0. The Hall–Kier alpha value is -5.48. The molecule has 1 saturated heterocycles. The summed E-state index contributed by atoms with van der Waals surface area (Å²) in [4.78, 5) is 27.1. The third kappa shape index (κ3) is 5.87. The third-order valence-corrected chi connectivity index (χ3v) is 8.14. The molecule has 0 bridgehead atoms. The number of benzene rings is 4. The molecule has 0 saturated carbocycles. The number of rotatable bonds is 8. The van der Waals surface area contributed by atoms with Gasteiger partial charge in [0.1, 0.15) is 5.82 Å². The number of nitrogens with one attached hydrogen (secondary N) is 2. The summed E-state index contributed by atoms with van der Waals surface area (Å²) in [6.45, 7) is 2.97. The first-order chi connectivity index (χ1) is 22.1. The van der Waals surface area contributed by atoms with Crippen molar-refractivity contribution < 1.29 is 14.3 Å². The molecule has 0 radical (unpaired) electrons. The first kappa shape index (κ1) is 28.3. The number of anilines is 2. The lowest BCUT2D eigenvalue weighted by molar-refractivity contribution is -0.134. The van der Waals surface area contributed by atoms with Crippen molar-refractivity contribution in [1.29, 1.82) is 0 Å². The van der Waals surface area contributed by atoms with Crippen molar-refractivity contribution in [2.24, 2.45) is 0 Å². The molecule has 6 aromatic rings. The van der Waals surface area contributed by atoms with Gasteiger partial charge in [0.05, 0.1) is 24.3 Å². The number of likely N-dealkylation sites (N-methyl/N-ethyl adjacent to an activating group) is 1. The first-order valence-corrected chi connectivity index (χ1v) is 14.9. The van der Waals surface area contributed by atoms with Crippen molar-refractivity contribution in [3.05, 3.63) is 91.1 Å². The summed E-state index contributed by atoms with van der Waals surface area (Å²) in [7, 11) is 3.65. The van der Waals surface area contributed by atoms with Crippen molar-refractivity contribution in [3.8, 4) is 34.0 Å². The SMILES string of the molecule is COc1cc2nc(-c3ccccc3-c3ccccc3)nc(Nc3ccc4[nH]ncc4c3)c2cc1OCC(=O)N1CCN(C)CC1. The summed E-state index contributed by atoms with van der Waals surface area (Å²) in [5, 5.41) is 12.4. The van der Waals surface area contributed by atoms with Crippen LogP contribution in [0.2, 0.25) is 0 Å². The number of nitrogens with zero attached hydrogens (tertiary/aromatic N) is 5. The number of ether oxygens (including phenoxy) is 2. The van der Waals surface area contributed by atoms with Crippen molar-refractivity contribution in [1.82, 2.24) is 30.0 Å². The van der Waals surface area contributed by atoms with Gasteiger partial charge in [-0.1, -0.05) is 54.6 Å². The average molecular weight is 600 g/mol. The van der Waals surface area contributed by atoms with Gasteiger partial charge in [-0.25, -0.2) is 9.97 Å². The summed E-state index contributed by atoms with van der Waals surface area (Å²) in [5.74, 6) is 2.04. The Kier molecular flexibility index (Phi) is 7.71. The number of hydrogen-bond acceptors (Lipinski definition) is 8. The van der Waals surface area contributed by atoms with Gasteiger partial charge in [-0.05, 0) is 42.4 Å². The zero-order valence-electron chi connectivity index (χ0n) is 25.2. The summed E-state index contributed by atoms with van der Waals surface area (Å²) < 4.78 is 11.8. The number of H-pyrrole nitrogens is 1. The van der Waals surface area contributed by atoms with Crippen LogP contribution in [0.15, 0.2) is 91.1 Å². The summed E-state index contributed by atoms with van der Waals surface area (Å²) >= 11 is 0. The van der Waals surface area contributed by atoms with E-state index in [1.807, 2.05) is 71.6 Å². The normalized spacial score (nSPS) is 13.7. The van der Waals surface area contributed by atoms with Crippen molar-refractivity contribution in [2.45, 2.75) is 0 Å². The molecule has 2 aromatic heterocycles. The number of aromatic amines is 1. The molecular formula is C35H33N7O3. The predicted octanol–water partition coefficient (Wildman–Crippen LogP) is 5.75. The molecule has 1 aliphatic heterocycles. The number of carbonyl (C=O) groups excluding carboxylic acids is 1. The Morgan fingerprint density at radius 2 is 1.67 bits per heavy atom. The highest BCUT2D eigenvalue weighted by Gasteiger charge is 2.21. The average Bonchev–Trinajstić information content (AvgIpc) is 3.55. The molecule has 10 nitrogen and oxygen atoms in total. The number of hydrogen-bond donors (Lipinski definition) is 2. The second-order valence-electron chi connectivity index (χ2n) is 11.1. The van der Waals surface area contributed by atoms with Crippen molar-refractivity contribution >= 4 is 39.2 Å². The molecular weight excluding hydrogens is 566 g/mol. The van der Waals surface area contributed by atoms with Gasteiger partial charge < -0.3 is 24.6 Å². The summed E-state index contributed by atoms with van der Waals surface area (Å²) in [5.41, 5.74) is 5.45. The highest BCUT2D eigenvalue weighted by Crippen LogP contribution is 2.38. The smallest absolute Gasteiger partial charge is 0.260 e. The molecule has 226 valence electrons. The number of carbonyl (C=O) groups is 1. The maximum atomic E-state index is 13.0. The Morgan fingerprint density at radius 3 is 2.47 bits per heavy atom. The molecule has 1 aliphatic rings. The second-order valence-corrected chi connectivity index (χ2v) is 11.1. The monoisotopic (exact) mass is 599 g/mol. The maximum Gasteiger partial charge on any atom is 0.260 e. The van der Waals surface area contributed by atoms with E-state index in [4.69, 9.17) is 19.4 Å². The van der Waals surface area contributed by atoms with Crippen LogP contribution in [0.4, 0.5) is 11.5 Å². The molecule has 0 aliphatic carbocycles. The van der Waals surface area contributed by atoms with Gasteiger partial charge in [-0.15, -0.1) is 0 Å². The molecule has 4 aromatic carbocycles. The van der Waals surface area contributed by atoms with E-state index in [0.29, 0.717) is 41.7 Å². The molecule has 1 fully saturated rings. The van der Waals surface area contributed by atoms with E-state index in [0.717, 1.165) is 51.8 Å². The van der Waals surface area contributed by atoms with E-state index in [9.17, 15) is 4.79 Å². The van der Waals surface area contributed by atoms with E-state index >= 15 is 0 Å². The Morgan fingerprint density at radius 1 is 0.889 bits per heavy atom. The Labute approximate surface area is 260 Å². The fourth-order valence-corrected chi connectivity index (χ4v) is 5.62. The van der Waals surface area contributed by atoms with Gasteiger partial charge in [-0.3, -0.25) is 9.89 Å². The lowest BCUT2D eigenvalue weighted by atomic mass is 9.99. The van der Waals surface area contributed by atoms with Crippen LogP contribution in [0.25, 0.3) is 44.3 Å². The second kappa shape index (κ2) is 12.3. The molecule has 1 amide bonds. The van der Waals surface area contributed by atoms with Crippen LogP contribution < -0.4 is 14.8 Å². The Balaban J connectivity index is 1.31. The maximum absolute atomic E-state index is 13.0. The van der Waals surface area contributed by atoms with E-state index in [2.05, 4.69) is 45.7 Å². The van der Waals surface area contributed by atoms with E-state index in [-0.39, 0.29) is 12.5 Å². The van der Waals surface area contributed by atoms with Gasteiger partial charge in [0, 0.05) is 54.3 Å². The van der Waals surface area contributed by atoms with Gasteiger partial charge >= 0.3 is 0 Å².